The zero-order chi connectivity index (χ0) is 14.1. The number of aromatic nitrogens is 1. The third-order valence-electron chi connectivity index (χ3n) is 3.86. The molecule has 20 heavy (non-hydrogen) atoms. The Labute approximate surface area is 116 Å². The molecule has 1 fully saturated rings. The number of halogens is 1. The second kappa shape index (κ2) is 5.25. The van der Waals surface area contributed by atoms with Crippen molar-refractivity contribution < 1.29 is 14.3 Å². The molecule has 1 heterocycles. The van der Waals surface area contributed by atoms with Crippen molar-refractivity contribution in [3.8, 4) is 0 Å². The first-order valence-corrected chi connectivity index (χ1v) is 6.89. The molecule has 0 bridgehead atoms. The lowest BCUT2D eigenvalue weighted by atomic mass is 9.93. The zero-order valence-electron chi connectivity index (χ0n) is 11.0. The van der Waals surface area contributed by atoms with E-state index in [9.17, 15) is 14.3 Å². The number of aromatic amines is 1. The van der Waals surface area contributed by atoms with Gasteiger partial charge in [-0.1, -0.05) is 0 Å². The second-order valence-corrected chi connectivity index (χ2v) is 5.39. The summed E-state index contributed by atoms with van der Waals surface area (Å²) < 4.78 is 13.1. The van der Waals surface area contributed by atoms with E-state index in [1.807, 2.05) is 0 Å². The van der Waals surface area contributed by atoms with Crippen LogP contribution in [0.15, 0.2) is 24.3 Å². The topological polar surface area (TPSA) is 65.1 Å². The summed E-state index contributed by atoms with van der Waals surface area (Å²) in [6.07, 6.45) is 2.80. The van der Waals surface area contributed by atoms with Gasteiger partial charge in [0.1, 0.15) is 11.5 Å². The molecule has 0 radical (unpaired) electrons. The number of nitrogens with one attached hydrogen (secondary N) is 2. The predicted octanol–water partition coefficient (Wildman–Crippen LogP) is 2.34. The minimum absolute atomic E-state index is 0.106. The summed E-state index contributed by atoms with van der Waals surface area (Å²) in [4.78, 5) is 15.1. The first-order valence-electron chi connectivity index (χ1n) is 6.89. The first kappa shape index (κ1) is 13.1. The summed E-state index contributed by atoms with van der Waals surface area (Å²) in [5, 5.41) is 13.1. The normalized spacial score (nSPS) is 22.9. The quantitative estimate of drug-likeness (QED) is 0.788. The lowest BCUT2D eigenvalue weighted by Crippen LogP contribution is -2.38. The van der Waals surface area contributed by atoms with Crippen molar-refractivity contribution in [3.63, 3.8) is 0 Å². The number of hydrogen-bond donors (Lipinski definition) is 3. The highest BCUT2D eigenvalue weighted by atomic mass is 19.1. The number of aliphatic hydroxyl groups excluding tert-OH is 1. The Morgan fingerprint density at radius 1 is 1.25 bits per heavy atom. The van der Waals surface area contributed by atoms with Gasteiger partial charge in [0, 0.05) is 16.9 Å². The molecule has 5 heteroatoms. The van der Waals surface area contributed by atoms with Crippen LogP contribution in [0.2, 0.25) is 0 Å². The van der Waals surface area contributed by atoms with Gasteiger partial charge in [-0.15, -0.1) is 0 Å². The van der Waals surface area contributed by atoms with Crippen LogP contribution in [0, 0.1) is 5.82 Å². The Morgan fingerprint density at radius 3 is 2.75 bits per heavy atom. The van der Waals surface area contributed by atoms with E-state index in [0.29, 0.717) is 11.1 Å². The molecule has 106 valence electrons. The predicted molar refractivity (Wildman–Crippen MR) is 74.0 cm³/mol. The largest absolute Gasteiger partial charge is 0.393 e. The van der Waals surface area contributed by atoms with Gasteiger partial charge in [0.2, 0.25) is 0 Å². The van der Waals surface area contributed by atoms with E-state index < -0.39 is 0 Å². The SMILES string of the molecule is O=C(NC1CCC(O)CC1)c1cc2cc(F)ccc2[nH]1. The van der Waals surface area contributed by atoms with Gasteiger partial charge in [0.25, 0.3) is 5.91 Å². The number of rotatable bonds is 2. The minimum atomic E-state index is -0.315. The van der Waals surface area contributed by atoms with Gasteiger partial charge in [-0.25, -0.2) is 4.39 Å². The number of aliphatic hydroxyl groups is 1. The highest BCUT2D eigenvalue weighted by Gasteiger charge is 2.21. The molecule has 2 aromatic rings. The van der Waals surface area contributed by atoms with Crippen molar-refractivity contribution >= 4 is 16.8 Å². The summed E-state index contributed by atoms with van der Waals surface area (Å²) in [6.45, 7) is 0. The fourth-order valence-electron chi connectivity index (χ4n) is 2.71. The molecule has 0 spiro atoms. The van der Waals surface area contributed by atoms with E-state index in [2.05, 4.69) is 10.3 Å². The van der Waals surface area contributed by atoms with Crippen molar-refractivity contribution in [1.82, 2.24) is 10.3 Å². The van der Waals surface area contributed by atoms with Gasteiger partial charge in [-0.3, -0.25) is 4.79 Å². The van der Waals surface area contributed by atoms with Gasteiger partial charge < -0.3 is 15.4 Å². The molecule has 1 aromatic carbocycles. The lowest BCUT2D eigenvalue weighted by Gasteiger charge is -2.25. The Balaban J connectivity index is 1.72. The standard InChI is InChI=1S/C15H17FN2O2/c16-10-1-6-13-9(7-10)8-14(18-13)15(20)17-11-2-4-12(19)5-3-11/h1,6-8,11-12,18-19H,2-5H2,(H,17,20). The first-order chi connectivity index (χ1) is 9.61. The Kier molecular flexibility index (Phi) is 3.44. The van der Waals surface area contributed by atoms with Gasteiger partial charge in [-0.05, 0) is 49.9 Å². The van der Waals surface area contributed by atoms with E-state index in [4.69, 9.17) is 0 Å². The van der Waals surface area contributed by atoms with E-state index in [1.54, 1.807) is 12.1 Å². The maximum atomic E-state index is 13.1. The van der Waals surface area contributed by atoms with E-state index >= 15 is 0 Å². The maximum absolute atomic E-state index is 13.1. The molecule has 4 nitrogen and oxygen atoms in total. The van der Waals surface area contributed by atoms with Crippen LogP contribution in [0.25, 0.3) is 10.9 Å². The Morgan fingerprint density at radius 2 is 2.00 bits per heavy atom. The number of amides is 1. The lowest BCUT2D eigenvalue weighted by molar-refractivity contribution is 0.0864. The van der Waals surface area contributed by atoms with Crippen LogP contribution in [0.3, 0.4) is 0 Å². The fourth-order valence-corrected chi connectivity index (χ4v) is 2.71. The van der Waals surface area contributed by atoms with Gasteiger partial charge in [-0.2, -0.15) is 0 Å². The molecule has 1 aromatic heterocycles. The Bertz CT molecular complexity index is 630. The van der Waals surface area contributed by atoms with Crippen molar-refractivity contribution in [1.29, 1.82) is 0 Å². The summed E-state index contributed by atoms with van der Waals surface area (Å²) >= 11 is 0. The molecular formula is C15H17FN2O2. The molecule has 1 aliphatic carbocycles. The molecule has 3 N–H and O–H groups in total. The summed E-state index contributed by atoms with van der Waals surface area (Å²) in [7, 11) is 0. The molecular weight excluding hydrogens is 259 g/mol. The number of carbonyl (C=O) groups is 1. The molecule has 1 saturated carbocycles. The maximum Gasteiger partial charge on any atom is 0.267 e. The van der Waals surface area contributed by atoms with E-state index in [1.165, 1.54) is 12.1 Å². The zero-order valence-corrected chi connectivity index (χ0v) is 11.0. The van der Waals surface area contributed by atoms with E-state index in [0.717, 1.165) is 31.2 Å². The molecule has 1 aliphatic rings. The van der Waals surface area contributed by atoms with E-state index in [-0.39, 0.29) is 23.9 Å². The van der Waals surface area contributed by atoms with Crippen LogP contribution >= 0.6 is 0 Å². The van der Waals surface area contributed by atoms with Crippen LogP contribution in [0.5, 0.6) is 0 Å². The number of benzene rings is 1. The third-order valence-corrected chi connectivity index (χ3v) is 3.86. The van der Waals surface area contributed by atoms with Crippen LogP contribution < -0.4 is 5.32 Å². The van der Waals surface area contributed by atoms with Crippen LogP contribution in [0.1, 0.15) is 36.2 Å². The van der Waals surface area contributed by atoms with Gasteiger partial charge >= 0.3 is 0 Å². The average Bonchev–Trinajstić information content (AvgIpc) is 2.84. The smallest absolute Gasteiger partial charge is 0.267 e. The summed E-state index contributed by atoms with van der Waals surface area (Å²) in [5.41, 5.74) is 1.19. The number of carbonyl (C=O) groups excluding carboxylic acids is 1. The number of H-pyrrole nitrogens is 1. The van der Waals surface area contributed by atoms with Crippen LogP contribution in [-0.4, -0.2) is 28.1 Å². The second-order valence-electron chi connectivity index (χ2n) is 5.39. The monoisotopic (exact) mass is 276 g/mol. The highest BCUT2D eigenvalue weighted by Crippen LogP contribution is 2.20. The number of fused-ring (bicyclic) bond motifs is 1. The molecule has 0 saturated heterocycles. The van der Waals surface area contributed by atoms with Crippen molar-refractivity contribution in [2.24, 2.45) is 0 Å². The Hall–Kier alpha value is -1.88. The summed E-state index contributed by atoms with van der Waals surface area (Å²) in [5.74, 6) is -0.493. The van der Waals surface area contributed by atoms with Crippen LogP contribution in [0.4, 0.5) is 4.39 Å². The van der Waals surface area contributed by atoms with Gasteiger partial charge in [0.05, 0.1) is 6.10 Å². The van der Waals surface area contributed by atoms with Crippen molar-refractivity contribution in [2.45, 2.75) is 37.8 Å². The van der Waals surface area contributed by atoms with Crippen molar-refractivity contribution in [3.05, 3.63) is 35.8 Å². The summed E-state index contributed by atoms with van der Waals surface area (Å²) in [6, 6.07) is 6.15. The van der Waals surface area contributed by atoms with Crippen LogP contribution in [-0.2, 0) is 0 Å². The van der Waals surface area contributed by atoms with Gasteiger partial charge in [0.15, 0.2) is 0 Å². The molecule has 1 amide bonds. The molecule has 3 rings (SSSR count). The fraction of sp³-hybridized carbons (Fsp3) is 0.400. The van der Waals surface area contributed by atoms with Crippen molar-refractivity contribution in [2.75, 3.05) is 0 Å². The molecule has 0 unspecified atom stereocenters. The third kappa shape index (κ3) is 2.67. The molecule has 0 aliphatic heterocycles. The average molecular weight is 276 g/mol. The highest BCUT2D eigenvalue weighted by molar-refractivity contribution is 5.98. The molecule has 0 atom stereocenters. The number of hydrogen-bond acceptors (Lipinski definition) is 2. The minimum Gasteiger partial charge on any atom is -0.393 e.